The number of oxazole rings is 1. The molecule has 0 radical (unpaired) electrons. The molecular formula is C24H31N3O5S. The third-order valence-corrected chi connectivity index (χ3v) is 5.69. The third-order valence-electron chi connectivity index (χ3n) is 4.79. The zero-order valence-corrected chi connectivity index (χ0v) is 20.0. The number of hydrogen-bond acceptors (Lipinski definition) is 7. The van der Waals surface area contributed by atoms with Crippen molar-refractivity contribution < 1.29 is 23.8 Å². The Bertz CT molecular complexity index is 1010. The average Bonchev–Trinajstić information content (AvgIpc) is 3.41. The van der Waals surface area contributed by atoms with E-state index in [1.807, 2.05) is 41.8 Å². The molecule has 0 aliphatic carbocycles. The number of aromatic nitrogens is 1. The summed E-state index contributed by atoms with van der Waals surface area (Å²) in [5.74, 6) is 0.0339. The highest BCUT2D eigenvalue weighted by molar-refractivity contribution is 7.09. The lowest BCUT2D eigenvalue weighted by Gasteiger charge is -2.23. The zero-order chi connectivity index (χ0) is 23.8. The normalized spacial score (nSPS) is 13.5. The molecule has 3 aromatic rings. The summed E-state index contributed by atoms with van der Waals surface area (Å²) < 4.78 is 10.9. The van der Waals surface area contributed by atoms with E-state index in [-0.39, 0.29) is 5.91 Å². The van der Waals surface area contributed by atoms with Crippen LogP contribution in [-0.2, 0) is 16.0 Å². The van der Waals surface area contributed by atoms with Crippen LogP contribution in [0.1, 0.15) is 56.9 Å². The molecule has 0 unspecified atom stereocenters. The first-order chi connectivity index (χ1) is 15.7. The van der Waals surface area contributed by atoms with Crippen LogP contribution in [-0.4, -0.2) is 40.3 Å². The van der Waals surface area contributed by atoms with E-state index >= 15 is 0 Å². The highest BCUT2D eigenvalue weighted by Crippen LogP contribution is 2.23. The minimum atomic E-state index is -0.798. The highest BCUT2D eigenvalue weighted by Gasteiger charge is 2.25. The van der Waals surface area contributed by atoms with E-state index in [4.69, 9.17) is 9.15 Å². The average molecular weight is 474 g/mol. The van der Waals surface area contributed by atoms with Gasteiger partial charge in [0.05, 0.1) is 0 Å². The Labute approximate surface area is 197 Å². The first-order valence-electron chi connectivity index (χ1n) is 11.0. The van der Waals surface area contributed by atoms with Crippen LogP contribution in [0, 0.1) is 0 Å². The standard InChI is InChI=1S/C24H31N3O5S/c1-24(2,3)32-23(30)27-18(15-16-9-8-14-33-16)21(29)25-13-7-6-11-19(28)22-26-17-10-4-5-12-20(17)31-22/h4-5,8-10,12,14,18-19,28H,6-7,11,13,15H2,1-3H3,(H,25,29)(H,27,30)/t18-,19-/m0/s1. The summed E-state index contributed by atoms with van der Waals surface area (Å²) in [6, 6.07) is 10.5. The molecule has 1 aromatic carbocycles. The molecule has 0 saturated carbocycles. The fourth-order valence-corrected chi connectivity index (χ4v) is 3.99. The fraction of sp³-hybridized carbons (Fsp3) is 0.458. The maximum atomic E-state index is 12.7. The van der Waals surface area contributed by atoms with Gasteiger partial charge in [0.1, 0.15) is 23.3 Å². The lowest BCUT2D eigenvalue weighted by atomic mass is 10.1. The third kappa shape index (κ3) is 7.87. The van der Waals surface area contributed by atoms with Crippen molar-refractivity contribution in [1.82, 2.24) is 15.6 Å². The molecule has 3 rings (SSSR count). The number of thiophene rings is 1. The summed E-state index contributed by atoms with van der Waals surface area (Å²) >= 11 is 1.53. The summed E-state index contributed by atoms with van der Waals surface area (Å²) in [5, 5.41) is 17.8. The van der Waals surface area contributed by atoms with Crippen molar-refractivity contribution in [2.45, 2.75) is 64.2 Å². The SMILES string of the molecule is CC(C)(C)OC(=O)N[C@@H](Cc1cccs1)C(=O)NCCCC[C@H](O)c1nc2ccccc2o1. The van der Waals surface area contributed by atoms with E-state index in [0.717, 1.165) is 4.88 Å². The van der Waals surface area contributed by atoms with Crippen LogP contribution in [0.4, 0.5) is 4.79 Å². The Morgan fingerprint density at radius 2 is 1.97 bits per heavy atom. The van der Waals surface area contributed by atoms with Gasteiger partial charge >= 0.3 is 6.09 Å². The molecule has 2 amide bonds. The van der Waals surface area contributed by atoms with Crippen molar-refractivity contribution >= 4 is 34.4 Å². The van der Waals surface area contributed by atoms with E-state index in [2.05, 4.69) is 15.6 Å². The van der Waals surface area contributed by atoms with Crippen LogP contribution in [0.3, 0.4) is 0 Å². The van der Waals surface area contributed by atoms with E-state index in [1.165, 1.54) is 11.3 Å². The van der Waals surface area contributed by atoms with Crippen molar-refractivity contribution in [2.75, 3.05) is 6.54 Å². The van der Waals surface area contributed by atoms with Crippen LogP contribution in [0.5, 0.6) is 0 Å². The van der Waals surface area contributed by atoms with E-state index < -0.39 is 23.8 Å². The number of rotatable bonds is 10. The second-order valence-corrected chi connectivity index (χ2v) is 9.84. The highest BCUT2D eigenvalue weighted by atomic mass is 32.1. The van der Waals surface area contributed by atoms with Gasteiger partial charge in [-0.05, 0) is 63.6 Å². The van der Waals surface area contributed by atoms with Crippen molar-refractivity contribution in [3.05, 3.63) is 52.5 Å². The number of nitrogens with one attached hydrogen (secondary N) is 2. The molecule has 178 valence electrons. The van der Waals surface area contributed by atoms with Gasteiger partial charge in [-0.25, -0.2) is 9.78 Å². The largest absolute Gasteiger partial charge is 0.444 e. The summed E-state index contributed by atoms with van der Waals surface area (Å²) in [6.45, 7) is 5.75. The Hall–Kier alpha value is -2.91. The predicted octanol–water partition coefficient (Wildman–Crippen LogP) is 4.35. The minimum Gasteiger partial charge on any atom is -0.444 e. The molecule has 2 atom stereocenters. The number of aliphatic hydroxyl groups is 1. The number of para-hydroxylation sites is 2. The van der Waals surface area contributed by atoms with Gasteiger partial charge < -0.3 is 24.9 Å². The van der Waals surface area contributed by atoms with Gasteiger partial charge in [-0.1, -0.05) is 18.2 Å². The summed E-state index contributed by atoms with van der Waals surface area (Å²) in [6.07, 6.45) is 0.779. The van der Waals surface area contributed by atoms with Crippen molar-refractivity contribution in [3.63, 3.8) is 0 Å². The van der Waals surface area contributed by atoms with E-state index in [9.17, 15) is 14.7 Å². The first-order valence-corrected chi connectivity index (χ1v) is 11.9. The van der Waals surface area contributed by atoms with Gasteiger partial charge in [0.15, 0.2) is 5.58 Å². The van der Waals surface area contributed by atoms with Crippen LogP contribution < -0.4 is 10.6 Å². The first kappa shape index (κ1) is 24.7. The number of benzene rings is 1. The molecule has 0 aliphatic heterocycles. The number of fused-ring (bicyclic) bond motifs is 1. The number of nitrogens with zero attached hydrogens (tertiary/aromatic N) is 1. The topological polar surface area (TPSA) is 114 Å². The smallest absolute Gasteiger partial charge is 0.408 e. The van der Waals surface area contributed by atoms with E-state index in [1.54, 1.807) is 20.8 Å². The number of hydrogen-bond donors (Lipinski definition) is 3. The molecular weight excluding hydrogens is 442 g/mol. The van der Waals surface area contributed by atoms with Gasteiger partial charge in [0.25, 0.3) is 0 Å². The van der Waals surface area contributed by atoms with Gasteiger partial charge in [-0.2, -0.15) is 0 Å². The van der Waals surface area contributed by atoms with Crippen molar-refractivity contribution in [3.8, 4) is 0 Å². The molecule has 8 nitrogen and oxygen atoms in total. The van der Waals surface area contributed by atoms with Gasteiger partial charge in [-0.15, -0.1) is 11.3 Å². The Kier molecular flexibility index (Phi) is 8.46. The molecule has 2 aromatic heterocycles. The molecule has 0 aliphatic rings. The second kappa shape index (κ2) is 11.3. The van der Waals surface area contributed by atoms with Crippen molar-refractivity contribution in [1.29, 1.82) is 0 Å². The molecule has 33 heavy (non-hydrogen) atoms. The number of alkyl carbamates (subject to hydrolysis) is 1. The molecule has 0 saturated heterocycles. The predicted molar refractivity (Wildman–Crippen MR) is 127 cm³/mol. The molecule has 9 heteroatoms. The lowest BCUT2D eigenvalue weighted by molar-refractivity contribution is -0.123. The van der Waals surface area contributed by atoms with Gasteiger partial charge in [0, 0.05) is 17.8 Å². The monoisotopic (exact) mass is 473 g/mol. The Morgan fingerprint density at radius 1 is 1.18 bits per heavy atom. The van der Waals surface area contributed by atoms with Gasteiger partial charge in [-0.3, -0.25) is 4.79 Å². The van der Waals surface area contributed by atoms with E-state index in [0.29, 0.717) is 49.2 Å². The maximum absolute atomic E-state index is 12.7. The van der Waals surface area contributed by atoms with Crippen LogP contribution in [0.25, 0.3) is 11.1 Å². The number of carbonyl (C=O) groups is 2. The number of amides is 2. The minimum absolute atomic E-state index is 0.270. The number of carbonyl (C=O) groups excluding carboxylic acids is 2. The maximum Gasteiger partial charge on any atom is 0.408 e. The molecule has 0 spiro atoms. The molecule has 2 heterocycles. The molecule has 3 N–H and O–H groups in total. The fourth-order valence-electron chi connectivity index (χ4n) is 3.24. The Morgan fingerprint density at radius 3 is 2.67 bits per heavy atom. The Balaban J connectivity index is 1.45. The lowest BCUT2D eigenvalue weighted by Crippen LogP contribution is -2.49. The van der Waals surface area contributed by atoms with Crippen LogP contribution in [0.15, 0.2) is 46.2 Å². The van der Waals surface area contributed by atoms with Crippen LogP contribution >= 0.6 is 11.3 Å². The summed E-state index contributed by atoms with van der Waals surface area (Å²) in [4.78, 5) is 30.2. The quantitative estimate of drug-likeness (QED) is 0.377. The van der Waals surface area contributed by atoms with Crippen molar-refractivity contribution in [2.24, 2.45) is 0 Å². The number of aliphatic hydroxyl groups excluding tert-OH is 1. The zero-order valence-electron chi connectivity index (χ0n) is 19.2. The molecule has 0 bridgehead atoms. The summed E-state index contributed by atoms with van der Waals surface area (Å²) in [7, 11) is 0. The van der Waals surface area contributed by atoms with Gasteiger partial charge in [0.2, 0.25) is 11.8 Å². The number of unbranched alkanes of at least 4 members (excludes halogenated alkanes) is 1. The van der Waals surface area contributed by atoms with Crippen LogP contribution in [0.2, 0.25) is 0 Å². The molecule has 0 fully saturated rings. The second-order valence-electron chi connectivity index (χ2n) is 8.80. The number of ether oxygens (including phenoxy) is 1. The summed E-state index contributed by atoms with van der Waals surface area (Å²) in [5.41, 5.74) is 0.713.